The van der Waals surface area contributed by atoms with Crippen LogP contribution in [-0.4, -0.2) is 29.6 Å². The van der Waals surface area contributed by atoms with Gasteiger partial charge in [0.2, 0.25) is 5.91 Å². The molecule has 0 bridgehead atoms. The van der Waals surface area contributed by atoms with Crippen molar-refractivity contribution < 1.29 is 4.79 Å². The minimum absolute atomic E-state index is 0.0139. The van der Waals surface area contributed by atoms with Crippen LogP contribution in [0.4, 0.5) is 0 Å². The van der Waals surface area contributed by atoms with Crippen molar-refractivity contribution in [3.8, 4) is 0 Å². The van der Waals surface area contributed by atoms with E-state index in [9.17, 15) is 4.79 Å². The Morgan fingerprint density at radius 3 is 2.38 bits per heavy atom. The van der Waals surface area contributed by atoms with Gasteiger partial charge in [-0.15, -0.1) is 0 Å². The van der Waals surface area contributed by atoms with Gasteiger partial charge in [-0.1, -0.05) is 13.8 Å². The average Bonchev–Trinajstić information content (AvgIpc) is 2.13. The highest BCUT2D eigenvalue weighted by Crippen LogP contribution is 2.22. The first kappa shape index (κ1) is 10.5. The van der Waals surface area contributed by atoms with Crippen LogP contribution in [0.15, 0.2) is 0 Å². The van der Waals surface area contributed by atoms with Gasteiger partial charge in [0.15, 0.2) is 0 Å². The highest BCUT2D eigenvalue weighted by atomic mass is 16.2. The average molecular weight is 184 g/mol. The van der Waals surface area contributed by atoms with E-state index < -0.39 is 0 Å². The monoisotopic (exact) mass is 184 g/mol. The maximum Gasteiger partial charge on any atom is 0.240 e. The number of rotatable bonds is 2. The fourth-order valence-electron chi connectivity index (χ4n) is 1.73. The zero-order valence-corrected chi connectivity index (χ0v) is 9.22. The van der Waals surface area contributed by atoms with Crippen molar-refractivity contribution in [2.75, 3.05) is 7.05 Å². The van der Waals surface area contributed by atoms with E-state index in [4.69, 9.17) is 0 Å². The zero-order chi connectivity index (χ0) is 10.2. The van der Waals surface area contributed by atoms with Gasteiger partial charge in [0.1, 0.15) is 0 Å². The Morgan fingerprint density at radius 2 is 2.08 bits per heavy atom. The van der Waals surface area contributed by atoms with Gasteiger partial charge in [0.25, 0.3) is 0 Å². The normalized spacial score (nSPS) is 27.4. The lowest BCUT2D eigenvalue weighted by Gasteiger charge is -2.27. The van der Waals surface area contributed by atoms with Crippen molar-refractivity contribution in [2.45, 2.75) is 45.8 Å². The first-order valence-electron chi connectivity index (χ1n) is 4.90. The van der Waals surface area contributed by atoms with E-state index in [1.54, 1.807) is 4.90 Å². The predicted molar refractivity (Wildman–Crippen MR) is 53.2 cm³/mol. The number of carbonyl (C=O) groups excluding carboxylic acids is 1. The predicted octanol–water partition coefficient (Wildman–Crippen LogP) is 1.20. The molecular weight excluding hydrogens is 164 g/mol. The molecule has 0 unspecified atom stereocenters. The summed E-state index contributed by atoms with van der Waals surface area (Å²) in [5, 5.41) is 3.34. The largest absolute Gasteiger partial charge is 0.327 e. The van der Waals surface area contributed by atoms with Gasteiger partial charge in [-0.05, 0) is 26.2 Å². The lowest BCUT2D eigenvalue weighted by Crippen LogP contribution is -2.45. The molecule has 1 aliphatic rings. The molecule has 0 spiro atoms. The highest BCUT2D eigenvalue weighted by Gasteiger charge is 2.41. The quantitative estimate of drug-likeness (QED) is 0.699. The molecule has 3 nitrogen and oxygen atoms in total. The van der Waals surface area contributed by atoms with E-state index in [2.05, 4.69) is 19.2 Å². The molecule has 1 N–H and O–H groups in total. The van der Waals surface area contributed by atoms with Crippen LogP contribution < -0.4 is 5.32 Å². The van der Waals surface area contributed by atoms with Gasteiger partial charge in [-0.2, -0.15) is 0 Å². The maximum absolute atomic E-state index is 11.7. The van der Waals surface area contributed by atoms with Crippen molar-refractivity contribution in [1.29, 1.82) is 0 Å². The Bertz CT molecular complexity index is 211. The van der Waals surface area contributed by atoms with Crippen molar-refractivity contribution in [3.05, 3.63) is 0 Å². The zero-order valence-electron chi connectivity index (χ0n) is 9.22. The summed E-state index contributed by atoms with van der Waals surface area (Å²) in [6, 6.07) is 0.0139. The van der Waals surface area contributed by atoms with Crippen LogP contribution in [0.25, 0.3) is 0 Å². The standard InChI is InChI=1S/C10H20N2O/c1-7(2)6-8-9(13)12(5)10(3,4)11-8/h7-8,11H,6H2,1-5H3/t8-/m0/s1. The highest BCUT2D eigenvalue weighted by molar-refractivity contribution is 5.84. The van der Waals surface area contributed by atoms with Crippen LogP contribution in [0, 0.1) is 5.92 Å². The molecule has 3 heteroatoms. The second kappa shape index (κ2) is 3.29. The fourth-order valence-corrected chi connectivity index (χ4v) is 1.73. The Morgan fingerprint density at radius 1 is 1.54 bits per heavy atom. The first-order chi connectivity index (χ1) is 5.84. The summed E-state index contributed by atoms with van der Waals surface area (Å²) < 4.78 is 0. The molecule has 76 valence electrons. The van der Waals surface area contributed by atoms with Crippen LogP contribution in [0.5, 0.6) is 0 Å². The molecule has 0 aromatic heterocycles. The topological polar surface area (TPSA) is 32.3 Å². The van der Waals surface area contributed by atoms with Gasteiger partial charge in [0, 0.05) is 7.05 Å². The number of hydrogen-bond acceptors (Lipinski definition) is 2. The first-order valence-corrected chi connectivity index (χ1v) is 4.90. The van der Waals surface area contributed by atoms with E-state index >= 15 is 0 Å². The van der Waals surface area contributed by atoms with E-state index in [0.717, 1.165) is 6.42 Å². The van der Waals surface area contributed by atoms with Crippen LogP contribution in [-0.2, 0) is 4.79 Å². The van der Waals surface area contributed by atoms with Crippen molar-refractivity contribution in [1.82, 2.24) is 10.2 Å². The minimum Gasteiger partial charge on any atom is -0.327 e. The van der Waals surface area contributed by atoms with Crippen LogP contribution in [0.2, 0.25) is 0 Å². The molecule has 13 heavy (non-hydrogen) atoms. The van der Waals surface area contributed by atoms with Crippen molar-refractivity contribution in [3.63, 3.8) is 0 Å². The molecule has 1 amide bonds. The summed E-state index contributed by atoms with van der Waals surface area (Å²) in [4.78, 5) is 13.5. The van der Waals surface area contributed by atoms with E-state index in [-0.39, 0.29) is 17.6 Å². The molecule has 1 atom stereocenters. The Labute approximate surface area is 80.5 Å². The SMILES string of the molecule is CC(C)C[C@@H]1NC(C)(C)N(C)C1=O. The number of carbonyl (C=O) groups is 1. The third-order valence-corrected chi connectivity index (χ3v) is 2.70. The van der Waals surface area contributed by atoms with Crippen LogP contribution >= 0.6 is 0 Å². The second-order valence-corrected chi connectivity index (χ2v) is 4.78. The maximum atomic E-state index is 11.7. The molecule has 0 radical (unpaired) electrons. The third-order valence-electron chi connectivity index (χ3n) is 2.70. The summed E-state index contributed by atoms with van der Waals surface area (Å²) in [6.45, 7) is 8.34. The minimum atomic E-state index is -0.184. The lowest BCUT2D eigenvalue weighted by atomic mass is 10.0. The molecule has 1 heterocycles. The summed E-state index contributed by atoms with van der Waals surface area (Å²) in [5.41, 5.74) is -0.184. The second-order valence-electron chi connectivity index (χ2n) is 4.78. The number of nitrogens with one attached hydrogen (secondary N) is 1. The van der Waals surface area contributed by atoms with Crippen LogP contribution in [0.3, 0.4) is 0 Å². The molecule has 0 aliphatic carbocycles. The Balaban J connectivity index is 2.67. The van der Waals surface area contributed by atoms with E-state index in [0.29, 0.717) is 5.92 Å². The van der Waals surface area contributed by atoms with Crippen molar-refractivity contribution in [2.24, 2.45) is 5.92 Å². The van der Waals surface area contributed by atoms with Gasteiger partial charge in [-0.25, -0.2) is 0 Å². The summed E-state index contributed by atoms with van der Waals surface area (Å²) >= 11 is 0. The molecule has 0 aromatic carbocycles. The van der Waals surface area contributed by atoms with Crippen LogP contribution in [0.1, 0.15) is 34.1 Å². The summed E-state index contributed by atoms with van der Waals surface area (Å²) in [7, 11) is 1.86. The summed E-state index contributed by atoms with van der Waals surface area (Å²) in [5.74, 6) is 0.780. The van der Waals surface area contributed by atoms with Gasteiger partial charge in [-0.3, -0.25) is 10.1 Å². The fraction of sp³-hybridized carbons (Fsp3) is 0.900. The van der Waals surface area contributed by atoms with Gasteiger partial charge in [0.05, 0.1) is 11.7 Å². The number of hydrogen-bond donors (Lipinski definition) is 1. The molecule has 1 aliphatic heterocycles. The molecule has 1 rings (SSSR count). The van der Waals surface area contributed by atoms with E-state index in [1.807, 2.05) is 20.9 Å². The molecule has 1 fully saturated rings. The number of likely N-dealkylation sites (N-methyl/N-ethyl adjacent to an activating group) is 1. The smallest absolute Gasteiger partial charge is 0.240 e. The molecular formula is C10H20N2O. The number of nitrogens with zero attached hydrogens (tertiary/aromatic N) is 1. The lowest BCUT2D eigenvalue weighted by molar-refractivity contribution is -0.130. The Kier molecular flexibility index (Phi) is 2.66. The van der Waals surface area contributed by atoms with E-state index in [1.165, 1.54) is 0 Å². The molecule has 1 saturated heterocycles. The van der Waals surface area contributed by atoms with Gasteiger partial charge < -0.3 is 4.90 Å². The molecule has 0 saturated carbocycles. The molecule has 0 aromatic rings. The number of amides is 1. The summed E-state index contributed by atoms with van der Waals surface area (Å²) in [6.07, 6.45) is 0.923. The third kappa shape index (κ3) is 2.02. The Hall–Kier alpha value is -0.570. The van der Waals surface area contributed by atoms with Crippen molar-refractivity contribution >= 4 is 5.91 Å². The van der Waals surface area contributed by atoms with Gasteiger partial charge >= 0.3 is 0 Å².